The van der Waals surface area contributed by atoms with Gasteiger partial charge < -0.3 is 14.2 Å². The first-order valence-electron chi connectivity index (χ1n) is 9.30. The number of piperidine rings is 1. The van der Waals surface area contributed by atoms with E-state index in [4.69, 9.17) is 4.74 Å². The number of carbonyl (C=O) groups is 1. The monoisotopic (exact) mass is 372 g/mol. The van der Waals surface area contributed by atoms with Gasteiger partial charge in [0.15, 0.2) is 5.75 Å². The van der Waals surface area contributed by atoms with Crippen LogP contribution in [0.3, 0.4) is 0 Å². The van der Waals surface area contributed by atoms with Gasteiger partial charge in [0, 0.05) is 31.9 Å². The molecule has 6 nitrogen and oxygen atoms in total. The Morgan fingerprint density at radius 1 is 1.14 bits per heavy atom. The molecular weight excluding hydrogens is 352 g/mol. The zero-order valence-electron chi connectivity index (χ0n) is 15.4. The molecule has 2 heterocycles. The number of hydrogen-bond acceptors (Lipinski definition) is 4. The Morgan fingerprint density at radius 2 is 2.04 bits per heavy atom. The summed E-state index contributed by atoms with van der Waals surface area (Å²) in [6, 6.07) is 15.2. The predicted molar refractivity (Wildman–Crippen MR) is 105 cm³/mol. The summed E-state index contributed by atoms with van der Waals surface area (Å²) in [6.07, 6.45) is 7.81. The van der Waals surface area contributed by atoms with E-state index < -0.39 is 0 Å². The number of carbonyl (C=O) groups excluding carboxylic acids is 1. The van der Waals surface area contributed by atoms with E-state index in [1.54, 1.807) is 23.5 Å². The van der Waals surface area contributed by atoms with Gasteiger partial charge in [-0.1, -0.05) is 18.2 Å². The number of amides is 1. The number of rotatable bonds is 5. The maximum absolute atomic E-state index is 12.4. The van der Waals surface area contributed by atoms with Gasteiger partial charge in [-0.15, -0.1) is 0 Å². The Balaban J connectivity index is 1.65. The second-order valence-electron chi connectivity index (χ2n) is 6.75. The van der Waals surface area contributed by atoms with Gasteiger partial charge in [0.05, 0.1) is 17.6 Å². The van der Waals surface area contributed by atoms with Crippen molar-refractivity contribution >= 4 is 11.6 Å². The summed E-state index contributed by atoms with van der Waals surface area (Å²) >= 11 is 0. The van der Waals surface area contributed by atoms with Crippen LogP contribution in [0.25, 0.3) is 0 Å². The molecule has 3 aromatic rings. The standard InChI is InChI=1S/C22H20N4O2/c23-14-18-9-8-17(15-25-12-10-24-16-25)13-21(18)28-20-6-2-1-5-19(20)26-11-4-3-7-22(26)27/h1-2,5-6,8-10,12-13,16H,3-4,7,11,15H2. The summed E-state index contributed by atoms with van der Waals surface area (Å²) in [7, 11) is 0. The summed E-state index contributed by atoms with van der Waals surface area (Å²) in [5.74, 6) is 1.17. The van der Waals surface area contributed by atoms with Gasteiger partial charge in [0.2, 0.25) is 5.91 Å². The van der Waals surface area contributed by atoms with Gasteiger partial charge in [-0.25, -0.2) is 4.98 Å². The maximum Gasteiger partial charge on any atom is 0.227 e. The van der Waals surface area contributed by atoms with E-state index in [0.717, 1.165) is 24.1 Å². The molecule has 1 amide bonds. The molecular formula is C22H20N4O2. The third-order valence-electron chi connectivity index (χ3n) is 4.79. The van der Waals surface area contributed by atoms with Crippen molar-refractivity contribution in [2.45, 2.75) is 25.8 Å². The molecule has 1 saturated heterocycles. The lowest BCUT2D eigenvalue weighted by molar-refractivity contribution is -0.119. The van der Waals surface area contributed by atoms with Crippen molar-refractivity contribution in [3.05, 3.63) is 72.3 Å². The molecule has 1 aliphatic rings. The van der Waals surface area contributed by atoms with Crippen molar-refractivity contribution in [1.82, 2.24) is 9.55 Å². The zero-order valence-corrected chi connectivity index (χ0v) is 15.4. The number of hydrogen-bond donors (Lipinski definition) is 0. The van der Waals surface area contributed by atoms with Crippen molar-refractivity contribution in [3.63, 3.8) is 0 Å². The Kier molecular flexibility index (Phi) is 5.07. The first-order valence-corrected chi connectivity index (χ1v) is 9.30. The highest BCUT2D eigenvalue weighted by Crippen LogP contribution is 2.35. The molecule has 0 radical (unpaired) electrons. The molecule has 0 unspecified atom stereocenters. The number of benzene rings is 2. The van der Waals surface area contributed by atoms with Crippen LogP contribution < -0.4 is 9.64 Å². The Labute approximate surface area is 163 Å². The second-order valence-corrected chi connectivity index (χ2v) is 6.75. The molecule has 0 saturated carbocycles. The highest BCUT2D eigenvalue weighted by atomic mass is 16.5. The number of nitriles is 1. The van der Waals surface area contributed by atoms with E-state index in [9.17, 15) is 10.1 Å². The van der Waals surface area contributed by atoms with Crippen molar-refractivity contribution in [1.29, 1.82) is 5.26 Å². The molecule has 140 valence electrons. The van der Waals surface area contributed by atoms with E-state index >= 15 is 0 Å². The van der Waals surface area contributed by atoms with Crippen molar-refractivity contribution < 1.29 is 9.53 Å². The minimum atomic E-state index is 0.108. The van der Waals surface area contributed by atoms with Gasteiger partial charge in [-0.3, -0.25) is 4.79 Å². The van der Waals surface area contributed by atoms with Gasteiger partial charge in [-0.2, -0.15) is 5.26 Å². The van der Waals surface area contributed by atoms with E-state index in [-0.39, 0.29) is 5.91 Å². The fourth-order valence-corrected chi connectivity index (χ4v) is 3.38. The molecule has 0 spiro atoms. The van der Waals surface area contributed by atoms with Crippen LogP contribution in [-0.2, 0) is 11.3 Å². The largest absolute Gasteiger partial charge is 0.454 e. The number of ether oxygens (including phenoxy) is 1. The molecule has 1 fully saturated rings. The smallest absolute Gasteiger partial charge is 0.227 e. The second kappa shape index (κ2) is 7.97. The van der Waals surface area contributed by atoms with E-state index in [2.05, 4.69) is 11.1 Å². The minimum Gasteiger partial charge on any atom is -0.454 e. The Bertz CT molecular complexity index is 1020. The van der Waals surface area contributed by atoms with Crippen molar-refractivity contribution in [2.24, 2.45) is 0 Å². The van der Waals surface area contributed by atoms with Crippen molar-refractivity contribution in [3.8, 4) is 17.6 Å². The molecule has 0 bridgehead atoms. The molecule has 6 heteroatoms. The first-order chi connectivity index (χ1) is 13.7. The number of aromatic nitrogens is 2. The molecule has 0 N–H and O–H groups in total. The molecule has 2 aromatic carbocycles. The quantitative estimate of drug-likeness (QED) is 0.676. The summed E-state index contributed by atoms with van der Waals surface area (Å²) in [5, 5.41) is 9.49. The number of anilines is 1. The van der Waals surface area contributed by atoms with Crippen LogP contribution in [0.15, 0.2) is 61.2 Å². The molecule has 1 aliphatic heterocycles. The van der Waals surface area contributed by atoms with E-state index in [0.29, 0.717) is 36.6 Å². The summed E-state index contributed by atoms with van der Waals surface area (Å²) in [4.78, 5) is 18.2. The molecule has 0 atom stereocenters. The summed E-state index contributed by atoms with van der Waals surface area (Å²) in [5.41, 5.74) is 2.20. The average molecular weight is 372 g/mol. The van der Waals surface area contributed by atoms with Crippen LogP contribution >= 0.6 is 0 Å². The topological polar surface area (TPSA) is 71.2 Å². The maximum atomic E-state index is 12.4. The molecule has 1 aromatic heterocycles. The van der Waals surface area contributed by atoms with Gasteiger partial charge in [0.25, 0.3) is 0 Å². The minimum absolute atomic E-state index is 0.108. The van der Waals surface area contributed by atoms with Gasteiger partial charge in [-0.05, 0) is 42.7 Å². The number of imidazole rings is 1. The van der Waals surface area contributed by atoms with E-state index in [1.807, 2.05) is 47.2 Å². The fraction of sp³-hybridized carbons (Fsp3) is 0.227. The van der Waals surface area contributed by atoms with Crippen LogP contribution in [-0.4, -0.2) is 22.0 Å². The molecule has 28 heavy (non-hydrogen) atoms. The van der Waals surface area contributed by atoms with Crippen LogP contribution in [0.4, 0.5) is 5.69 Å². The SMILES string of the molecule is N#Cc1ccc(Cn2ccnc2)cc1Oc1ccccc1N1CCCCC1=O. The third-order valence-corrected chi connectivity index (χ3v) is 4.79. The lowest BCUT2D eigenvalue weighted by Gasteiger charge is -2.28. The lowest BCUT2D eigenvalue weighted by Crippen LogP contribution is -2.35. The molecule has 0 aliphatic carbocycles. The summed E-state index contributed by atoms with van der Waals surface area (Å²) in [6.45, 7) is 1.32. The first kappa shape index (κ1) is 17.8. The highest BCUT2D eigenvalue weighted by molar-refractivity contribution is 5.95. The lowest BCUT2D eigenvalue weighted by atomic mass is 10.1. The fourth-order valence-electron chi connectivity index (χ4n) is 3.38. The van der Waals surface area contributed by atoms with E-state index in [1.165, 1.54) is 0 Å². The van der Waals surface area contributed by atoms with Gasteiger partial charge in [0.1, 0.15) is 11.8 Å². The average Bonchev–Trinajstić information content (AvgIpc) is 3.22. The van der Waals surface area contributed by atoms with Crippen LogP contribution in [0.2, 0.25) is 0 Å². The summed E-state index contributed by atoms with van der Waals surface area (Å²) < 4.78 is 8.10. The van der Waals surface area contributed by atoms with Gasteiger partial charge >= 0.3 is 0 Å². The van der Waals surface area contributed by atoms with Crippen LogP contribution in [0.5, 0.6) is 11.5 Å². The van der Waals surface area contributed by atoms with Crippen LogP contribution in [0, 0.1) is 11.3 Å². The third kappa shape index (κ3) is 3.74. The van der Waals surface area contributed by atoms with Crippen LogP contribution in [0.1, 0.15) is 30.4 Å². The Morgan fingerprint density at radius 3 is 2.82 bits per heavy atom. The Hall–Kier alpha value is -3.59. The molecule has 4 rings (SSSR count). The zero-order chi connectivity index (χ0) is 19.3. The predicted octanol–water partition coefficient (Wildman–Crippen LogP) is 4.11. The van der Waals surface area contributed by atoms with Crippen molar-refractivity contribution in [2.75, 3.05) is 11.4 Å². The normalized spacial score (nSPS) is 14.0. The number of nitrogens with zero attached hydrogens (tertiary/aromatic N) is 4. The highest BCUT2D eigenvalue weighted by Gasteiger charge is 2.23. The number of para-hydroxylation sites is 2.